The molecule has 33 heavy (non-hydrogen) atoms. The maximum Gasteiger partial charge on any atom is 0.337 e. The lowest BCUT2D eigenvalue weighted by Crippen LogP contribution is -2.37. The average molecular weight is 515 g/mol. The second-order valence-corrected chi connectivity index (χ2v) is 8.54. The average Bonchev–Trinajstić information content (AvgIpc) is 2.83. The van der Waals surface area contributed by atoms with Crippen molar-refractivity contribution in [2.75, 3.05) is 36.5 Å². The highest BCUT2D eigenvalue weighted by molar-refractivity contribution is 9.10. The number of morpholine rings is 1. The van der Waals surface area contributed by atoms with E-state index in [2.05, 4.69) is 21.2 Å². The van der Waals surface area contributed by atoms with E-state index in [0.29, 0.717) is 55.5 Å². The molecule has 3 aromatic carbocycles. The zero-order valence-corrected chi connectivity index (χ0v) is 19.5. The number of rotatable bonds is 8. The molecular formula is C25H24BrFN2O4. The Labute approximate surface area is 200 Å². The molecule has 0 saturated carbocycles. The molecule has 0 radical (unpaired) electrons. The summed E-state index contributed by atoms with van der Waals surface area (Å²) in [6.07, 6.45) is 0. The van der Waals surface area contributed by atoms with Gasteiger partial charge in [-0.25, -0.2) is 9.18 Å². The molecule has 0 unspecified atom stereocenters. The predicted molar refractivity (Wildman–Crippen MR) is 129 cm³/mol. The van der Waals surface area contributed by atoms with Crippen LogP contribution in [-0.4, -0.2) is 37.4 Å². The van der Waals surface area contributed by atoms with Gasteiger partial charge in [0.05, 0.1) is 24.5 Å². The van der Waals surface area contributed by atoms with Gasteiger partial charge in [-0.2, -0.15) is 0 Å². The summed E-state index contributed by atoms with van der Waals surface area (Å²) in [5.74, 6) is -0.662. The van der Waals surface area contributed by atoms with Gasteiger partial charge in [0, 0.05) is 40.9 Å². The molecule has 6 nitrogen and oxygen atoms in total. The first-order valence-corrected chi connectivity index (χ1v) is 11.4. The quantitative estimate of drug-likeness (QED) is 0.424. The summed E-state index contributed by atoms with van der Waals surface area (Å²) in [4.78, 5) is 13.9. The van der Waals surface area contributed by atoms with E-state index < -0.39 is 5.97 Å². The van der Waals surface area contributed by atoms with Crippen molar-refractivity contribution in [3.8, 4) is 5.75 Å². The predicted octanol–water partition coefficient (Wildman–Crippen LogP) is 5.31. The highest BCUT2D eigenvalue weighted by Gasteiger charge is 2.19. The first kappa shape index (κ1) is 23.1. The van der Waals surface area contributed by atoms with Gasteiger partial charge in [-0.3, -0.25) is 0 Å². The minimum Gasteiger partial charge on any atom is -0.488 e. The summed E-state index contributed by atoms with van der Waals surface area (Å²) in [7, 11) is 0. The molecular weight excluding hydrogens is 491 g/mol. The van der Waals surface area contributed by atoms with Crippen molar-refractivity contribution in [2.45, 2.75) is 13.2 Å². The second-order valence-electron chi connectivity index (χ2n) is 7.62. The Hall–Kier alpha value is -3.10. The van der Waals surface area contributed by atoms with Crippen LogP contribution in [0.4, 0.5) is 15.8 Å². The molecule has 1 heterocycles. The van der Waals surface area contributed by atoms with Gasteiger partial charge in [-0.05, 0) is 42.5 Å². The largest absolute Gasteiger partial charge is 0.488 e. The SMILES string of the molecule is O=C(O)c1cc(NCc2cc(Br)ccc2OCc2ccccc2F)ccc1N1CCOCC1. The molecule has 4 rings (SSSR count). The maximum absolute atomic E-state index is 13.9. The van der Waals surface area contributed by atoms with Crippen LogP contribution in [0.3, 0.4) is 0 Å². The molecule has 1 fully saturated rings. The number of nitrogens with one attached hydrogen (secondary N) is 1. The van der Waals surface area contributed by atoms with E-state index in [9.17, 15) is 14.3 Å². The Balaban J connectivity index is 1.49. The molecule has 2 N–H and O–H groups in total. The van der Waals surface area contributed by atoms with Crippen molar-refractivity contribution in [2.24, 2.45) is 0 Å². The zero-order valence-electron chi connectivity index (χ0n) is 17.9. The summed E-state index contributed by atoms with van der Waals surface area (Å²) in [5.41, 5.74) is 2.95. The lowest BCUT2D eigenvalue weighted by Gasteiger charge is -2.30. The van der Waals surface area contributed by atoms with Crippen LogP contribution in [0.1, 0.15) is 21.5 Å². The Bertz CT molecular complexity index is 1140. The topological polar surface area (TPSA) is 71.0 Å². The smallest absolute Gasteiger partial charge is 0.337 e. The molecule has 1 saturated heterocycles. The lowest BCUT2D eigenvalue weighted by molar-refractivity contribution is 0.0696. The summed E-state index contributed by atoms with van der Waals surface area (Å²) in [5, 5.41) is 13.0. The van der Waals surface area contributed by atoms with Crippen molar-refractivity contribution in [3.63, 3.8) is 0 Å². The van der Waals surface area contributed by atoms with Crippen molar-refractivity contribution in [1.29, 1.82) is 0 Å². The molecule has 0 atom stereocenters. The van der Waals surface area contributed by atoms with Crippen LogP contribution in [0.15, 0.2) is 65.1 Å². The third kappa shape index (κ3) is 5.83. The highest BCUT2D eigenvalue weighted by Crippen LogP contribution is 2.28. The zero-order chi connectivity index (χ0) is 23.2. The van der Waals surface area contributed by atoms with E-state index in [4.69, 9.17) is 9.47 Å². The summed E-state index contributed by atoms with van der Waals surface area (Å²) in [6, 6.07) is 17.5. The van der Waals surface area contributed by atoms with Gasteiger partial charge in [0.15, 0.2) is 0 Å². The Kier molecular flexibility index (Phi) is 7.47. The van der Waals surface area contributed by atoms with E-state index in [0.717, 1.165) is 10.0 Å². The lowest BCUT2D eigenvalue weighted by atomic mass is 10.1. The van der Waals surface area contributed by atoms with E-state index in [1.807, 2.05) is 35.2 Å². The molecule has 0 aromatic heterocycles. The van der Waals surface area contributed by atoms with Gasteiger partial charge in [0.2, 0.25) is 0 Å². The van der Waals surface area contributed by atoms with E-state index in [1.54, 1.807) is 24.3 Å². The summed E-state index contributed by atoms with van der Waals surface area (Å²) >= 11 is 3.48. The van der Waals surface area contributed by atoms with Crippen molar-refractivity contribution >= 4 is 33.3 Å². The van der Waals surface area contributed by atoms with Crippen LogP contribution in [-0.2, 0) is 17.9 Å². The number of halogens is 2. The van der Waals surface area contributed by atoms with Crippen molar-refractivity contribution in [3.05, 3.63) is 87.6 Å². The number of benzene rings is 3. The van der Waals surface area contributed by atoms with Crippen LogP contribution >= 0.6 is 15.9 Å². The van der Waals surface area contributed by atoms with E-state index in [-0.39, 0.29) is 18.0 Å². The molecule has 8 heteroatoms. The maximum atomic E-state index is 13.9. The standard InChI is InChI=1S/C25H24BrFN2O4/c26-19-5-8-24(33-16-17-3-1-2-4-22(17)27)18(13-19)15-28-20-6-7-23(21(14-20)25(30)31)29-9-11-32-12-10-29/h1-8,13-14,28H,9-12,15-16H2,(H,30,31). The molecule has 0 spiro atoms. The highest BCUT2D eigenvalue weighted by atomic mass is 79.9. The minimum absolute atomic E-state index is 0.110. The number of hydrogen-bond acceptors (Lipinski definition) is 5. The van der Waals surface area contributed by atoms with Crippen LogP contribution in [0.25, 0.3) is 0 Å². The summed E-state index contributed by atoms with van der Waals surface area (Å²) < 4.78 is 26.1. The van der Waals surface area contributed by atoms with Gasteiger partial charge in [-0.1, -0.05) is 34.1 Å². The fourth-order valence-corrected chi connectivity index (χ4v) is 4.10. The first-order valence-electron chi connectivity index (χ1n) is 10.6. The molecule has 0 aliphatic carbocycles. The van der Waals surface area contributed by atoms with Crippen molar-refractivity contribution in [1.82, 2.24) is 0 Å². The van der Waals surface area contributed by atoms with Gasteiger partial charge in [-0.15, -0.1) is 0 Å². The number of carboxylic acid groups (broad SMARTS) is 1. The second kappa shape index (κ2) is 10.7. The molecule has 3 aromatic rings. The number of carbonyl (C=O) groups is 1. The van der Waals surface area contributed by atoms with E-state index in [1.165, 1.54) is 6.07 Å². The number of ether oxygens (including phenoxy) is 2. The summed E-state index contributed by atoms with van der Waals surface area (Å²) in [6.45, 7) is 3.00. The van der Waals surface area contributed by atoms with Gasteiger partial charge in [0.25, 0.3) is 0 Å². The van der Waals surface area contributed by atoms with Gasteiger partial charge >= 0.3 is 5.97 Å². The van der Waals surface area contributed by atoms with Crippen LogP contribution in [0.5, 0.6) is 5.75 Å². The van der Waals surface area contributed by atoms with Gasteiger partial charge in [0.1, 0.15) is 18.2 Å². The Morgan fingerprint density at radius 3 is 2.64 bits per heavy atom. The molecule has 0 amide bonds. The number of anilines is 2. The van der Waals surface area contributed by atoms with Crippen LogP contribution in [0, 0.1) is 5.82 Å². The van der Waals surface area contributed by atoms with Gasteiger partial charge < -0.3 is 24.8 Å². The minimum atomic E-state index is -0.975. The third-order valence-corrected chi connectivity index (χ3v) is 5.92. The Morgan fingerprint density at radius 1 is 1.09 bits per heavy atom. The molecule has 172 valence electrons. The third-order valence-electron chi connectivity index (χ3n) is 5.43. The van der Waals surface area contributed by atoms with E-state index >= 15 is 0 Å². The normalized spacial score (nSPS) is 13.6. The molecule has 1 aliphatic rings. The number of aromatic carboxylic acids is 1. The van der Waals surface area contributed by atoms with Crippen LogP contribution in [0.2, 0.25) is 0 Å². The number of hydrogen-bond donors (Lipinski definition) is 2. The number of nitrogens with zero attached hydrogens (tertiary/aromatic N) is 1. The Morgan fingerprint density at radius 2 is 1.88 bits per heavy atom. The fraction of sp³-hybridized carbons (Fsp3) is 0.240. The number of carboxylic acids is 1. The van der Waals surface area contributed by atoms with Crippen LogP contribution < -0.4 is 15.0 Å². The van der Waals surface area contributed by atoms with Crippen molar-refractivity contribution < 1.29 is 23.8 Å². The molecule has 0 bridgehead atoms. The molecule has 1 aliphatic heterocycles. The fourth-order valence-electron chi connectivity index (χ4n) is 3.69. The first-order chi connectivity index (χ1) is 16.0. The monoisotopic (exact) mass is 514 g/mol.